The third-order valence-electron chi connectivity index (χ3n) is 2.61. The van der Waals surface area contributed by atoms with E-state index in [9.17, 15) is 4.79 Å². The van der Waals surface area contributed by atoms with E-state index in [1.54, 1.807) is 26.0 Å². The number of hydrogen-bond donors (Lipinski definition) is 2. The zero-order chi connectivity index (χ0) is 15.2. The zero-order valence-electron chi connectivity index (χ0n) is 11.6. The van der Waals surface area contributed by atoms with Gasteiger partial charge in [-0.1, -0.05) is 16.8 Å². The van der Waals surface area contributed by atoms with Gasteiger partial charge in [-0.25, -0.2) is 9.78 Å². The summed E-state index contributed by atoms with van der Waals surface area (Å²) < 4.78 is 10.3. The number of aromatic nitrogens is 2. The first-order chi connectivity index (χ1) is 10.1. The Hall–Kier alpha value is -2.28. The summed E-state index contributed by atoms with van der Waals surface area (Å²) in [7, 11) is 0. The van der Waals surface area contributed by atoms with Gasteiger partial charge in [0.05, 0.1) is 11.6 Å². The Bertz CT molecular complexity index is 593. The van der Waals surface area contributed by atoms with Crippen molar-refractivity contribution >= 4 is 23.3 Å². The molecule has 0 aromatic carbocycles. The fourth-order valence-corrected chi connectivity index (χ4v) is 1.70. The van der Waals surface area contributed by atoms with Gasteiger partial charge in [-0.15, -0.1) is 0 Å². The van der Waals surface area contributed by atoms with E-state index in [2.05, 4.69) is 20.8 Å². The molecule has 112 valence electrons. The number of amides is 2. The molecule has 21 heavy (non-hydrogen) atoms. The Labute approximate surface area is 126 Å². The van der Waals surface area contributed by atoms with Crippen molar-refractivity contribution in [1.29, 1.82) is 0 Å². The average Bonchev–Trinajstić information content (AvgIpc) is 2.77. The van der Waals surface area contributed by atoms with Crippen LogP contribution in [0.4, 0.5) is 10.5 Å². The van der Waals surface area contributed by atoms with Crippen LogP contribution in [0.25, 0.3) is 0 Å². The lowest BCUT2D eigenvalue weighted by atomic mass is 10.3. The minimum absolute atomic E-state index is 0.295. The number of nitrogens with zero attached hydrogens (tertiary/aromatic N) is 2. The highest BCUT2D eigenvalue weighted by Gasteiger charge is 2.11. The minimum Gasteiger partial charge on any atom is -0.476 e. The highest BCUT2D eigenvalue weighted by atomic mass is 35.5. The highest BCUT2D eigenvalue weighted by molar-refractivity contribution is 6.30. The Balaban J connectivity index is 1.71. The van der Waals surface area contributed by atoms with Crippen molar-refractivity contribution in [3.63, 3.8) is 0 Å². The Kier molecular flexibility index (Phi) is 4.99. The summed E-state index contributed by atoms with van der Waals surface area (Å²) in [6.07, 6.45) is 1.49. The van der Waals surface area contributed by atoms with Crippen molar-refractivity contribution in [1.82, 2.24) is 15.5 Å². The van der Waals surface area contributed by atoms with Gasteiger partial charge in [0.15, 0.2) is 5.76 Å². The van der Waals surface area contributed by atoms with E-state index in [-0.39, 0.29) is 6.03 Å². The number of carbonyl (C=O) groups excluding carboxylic acids is 1. The van der Waals surface area contributed by atoms with Crippen LogP contribution in [0.15, 0.2) is 22.9 Å². The van der Waals surface area contributed by atoms with Gasteiger partial charge in [-0.3, -0.25) is 0 Å². The largest absolute Gasteiger partial charge is 0.476 e. The van der Waals surface area contributed by atoms with Crippen molar-refractivity contribution in [3.8, 4) is 5.88 Å². The van der Waals surface area contributed by atoms with Crippen molar-refractivity contribution in [2.45, 2.75) is 13.8 Å². The summed E-state index contributed by atoms with van der Waals surface area (Å²) >= 11 is 5.71. The van der Waals surface area contributed by atoms with E-state index in [0.717, 1.165) is 0 Å². The van der Waals surface area contributed by atoms with E-state index in [1.165, 1.54) is 6.20 Å². The zero-order valence-corrected chi connectivity index (χ0v) is 12.4. The second kappa shape index (κ2) is 6.94. The van der Waals surface area contributed by atoms with Crippen LogP contribution in [0.3, 0.4) is 0 Å². The molecule has 0 fully saturated rings. The van der Waals surface area contributed by atoms with Crippen LogP contribution in [-0.4, -0.2) is 29.3 Å². The number of halogens is 1. The smallest absolute Gasteiger partial charge is 0.319 e. The molecule has 0 aliphatic carbocycles. The van der Waals surface area contributed by atoms with Crippen molar-refractivity contribution < 1.29 is 14.1 Å². The van der Waals surface area contributed by atoms with Crippen LogP contribution in [0.5, 0.6) is 5.88 Å². The molecule has 2 N–H and O–H groups in total. The lowest BCUT2D eigenvalue weighted by Crippen LogP contribution is -2.32. The first kappa shape index (κ1) is 15.1. The maximum absolute atomic E-state index is 11.7. The minimum atomic E-state index is -0.350. The first-order valence-corrected chi connectivity index (χ1v) is 6.66. The molecule has 0 unspecified atom stereocenters. The number of pyridine rings is 1. The SMILES string of the molecule is Cc1noc(C)c1NC(=O)NCCOc1ccc(Cl)cn1. The van der Waals surface area contributed by atoms with Gasteiger partial charge >= 0.3 is 6.03 Å². The molecule has 2 rings (SSSR count). The number of rotatable bonds is 5. The third-order valence-corrected chi connectivity index (χ3v) is 2.83. The summed E-state index contributed by atoms with van der Waals surface area (Å²) in [6.45, 7) is 4.11. The molecule has 0 aliphatic rings. The van der Waals surface area contributed by atoms with Crippen LogP contribution in [0.1, 0.15) is 11.5 Å². The predicted molar refractivity (Wildman–Crippen MR) is 77.7 cm³/mol. The van der Waals surface area contributed by atoms with E-state index in [0.29, 0.717) is 41.2 Å². The molecule has 2 heterocycles. The number of urea groups is 1. The third kappa shape index (κ3) is 4.35. The van der Waals surface area contributed by atoms with Gasteiger partial charge in [0.25, 0.3) is 0 Å². The molecule has 0 radical (unpaired) electrons. The van der Waals surface area contributed by atoms with Crippen LogP contribution in [-0.2, 0) is 0 Å². The van der Waals surface area contributed by atoms with Crippen LogP contribution < -0.4 is 15.4 Å². The quantitative estimate of drug-likeness (QED) is 0.828. The van der Waals surface area contributed by atoms with Gasteiger partial charge in [-0.2, -0.15) is 0 Å². The first-order valence-electron chi connectivity index (χ1n) is 6.28. The number of ether oxygens (including phenoxy) is 1. The fraction of sp³-hybridized carbons (Fsp3) is 0.308. The van der Waals surface area contributed by atoms with Gasteiger partial charge < -0.3 is 19.9 Å². The molecular weight excluding hydrogens is 296 g/mol. The molecule has 0 spiro atoms. The predicted octanol–water partition coefficient (Wildman–Crippen LogP) is 2.54. The van der Waals surface area contributed by atoms with Crippen LogP contribution in [0.2, 0.25) is 5.02 Å². The standard InChI is InChI=1S/C13H15ClN4O3/c1-8-12(9(2)21-18-8)17-13(19)15-5-6-20-11-4-3-10(14)7-16-11/h3-4,7H,5-6H2,1-2H3,(H2,15,17,19). The Morgan fingerprint density at radius 1 is 1.43 bits per heavy atom. The maximum atomic E-state index is 11.7. The topological polar surface area (TPSA) is 89.3 Å². The van der Waals surface area contributed by atoms with E-state index in [4.69, 9.17) is 20.9 Å². The summed E-state index contributed by atoms with van der Waals surface area (Å²) in [5, 5.41) is 9.62. The molecule has 0 bridgehead atoms. The molecule has 0 saturated carbocycles. The molecule has 8 heteroatoms. The molecule has 0 saturated heterocycles. The van der Waals surface area contributed by atoms with Gasteiger partial charge in [0.2, 0.25) is 5.88 Å². The van der Waals surface area contributed by atoms with E-state index < -0.39 is 0 Å². The van der Waals surface area contributed by atoms with E-state index >= 15 is 0 Å². The summed E-state index contributed by atoms with van der Waals surface area (Å²) in [6, 6.07) is 2.99. The van der Waals surface area contributed by atoms with E-state index in [1.807, 2.05) is 0 Å². The number of nitrogens with one attached hydrogen (secondary N) is 2. The monoisotopic (exact) mass is 310 g/mol. The lowest BCUT2D eigenvalue weighted by Gasteiger charge is -2.08. The molecule has 7 nitrogen and oxygen atoms in total. The van der Waals surface area contributed by atoms with Gasteiger partial charge in [-0.05, 0) is 19.9 Å². The summed E-state index contributed by atoms with van der Waals surface area (Å²) in [4.78, 5) is 15.7. The normalized spacial score (nSPS) is 10.2. The number of aryl methyl sites for hydroxylation is 2. The molecule has 2 aromatic rings. The number of carbonyl (C=O) groups is 1. The fourth-order valence-electron chi connectivity index (χ4n) is 1.59. The van der Waals surface area contributed by atoms with Crippen molar-refractivity contribution in [2.75, 3.05) is 18.5 Å². The molecule has 2 amide bonds. The van der Waals surface area contributed by atoms with Gasteiger partial charge in [0, 0.05) is 12.3 Å². The highest BCUT2D eigenvalue weighted by Crippen LogP contribution is 2.18. The number of anilines is 1. The molecule has 2 aromatic heterocycles. The van der Waals surface area contributed by atoms with Crippen LogP contribution >= 0.6 is 11.6 Å². The second-order valence-electron chi connectivity index (χ2n) is 4.24. The molecule has 0 atom stereocenters. The maximum Gasteiger partial charge on any atom is 0.319 e. The van der Waals surface area contributed by atoms with Crippen molar-refractivity contribution in [3.05, 3.63) is 34.8 Å². The molecule has 0 aliphatic heterocycles. The summed E-state index contributed by atoms with van der Waals surface area (Å²) in [5.74, 6) is 1.01. The Morgan fingerprint density at radius 3 is 2.86 bits per heavy atom. The second-order valence-corrected chi connectivity index (χ2v) is 4.68. The summed E-state index contributed by atoms with van der Waals surface area (Å²) in [5.41, 5.74) is 1.21. The average molecular weight is 311 g/mol. The van der Waals surface area contributed by atoms with Gasteiger partial charge in [0.1, 0.15) is 18.0 Å². The number of hydrogen-bond acceptors (Lipinski definition) is 5. The molecular formula is C13H15ClN4O3. The lowest BCUT2D eigenvalue weighted by molar-refractivity contribution is 0.246. The Morgan fingerprint density at radius 2 is 2.24 bits per heavy atom. The van der Waals surface area contributed by atoms with Crippen LogP contribution in [0, 0.1) is 13.8 Å². The van der Waals surface area contributed by atoms with Crippen molar-refractivity contribution in [2.24, 2.45) is 0 Å².